The quantitative estimate of drug-likeness (QED) is 0.730. The van der Waals surface area contributed by atoms with Gasteiger partial charge in [-0.2, -0.15) is 5.10 Å². The number of hydrogen-bond donors (Lipinski definition) is 2. The number of carboxylic acid groups (broad SMARTS) is 1. The highest BCUT2D eigenvalue weighted by molar-refractivity contribution is 7.92. The van der Waals surface area contributed by atoms with Crippen LogP contribution in [0.25, 0.3) is 0 Å². The lowest BCUT2D eigenvalue weighted by molar-refractivity contribution is -0.139. The normalized spacial score (nSPS) is 15.0. The summed E-state index contributed by atoms with van der Waals surface area (Å²) in [5, 5.41) is 13.3. The average molecular weight is 407 g/mol. The third-order valence-electron chi connectivity index (χ3n) is 5.03. The number of carbonyl (C=O) groups is 1. The van der Waals surface area contributed by atoms with E-state index in [1.54, 1.807) is 37.8 Å². The van der Waals surface area contributed by atoms with Gasteiger partial charge < -0.3 is 9.84 Å². The van der Waals surface area contributed by atoms with Crippen molar-refractivity contribution in [2.24, 2.45) is 7.05 Å². The van der Waals surface area contributed by atoms with Crippen molar-refractivity contribution in [1.29, 1.82) is 0 Å². The van der Waals surface area contributed by atoms with Gasteiger partial charge >= 0.3 is 5.97 Å². The summed E-state index contributed by atoms with van der Waals surface area (Å²) < 4.78 is 35.8. The Balaban J connectivity index is 1.94. The molecule has 152 valence electrons. The van der Waals surface area contributed by atoms with Crippen molar-refractivity contribution in [3.63, 3.8) is 0 Å². The molecule has 0 spiro atoms. The summed E-state index contributed by atoms with van der Waals surface area (Å²) in [5.74, 6) is -0.596. The fraction of sp³-hybridized carbons (Fsp3) is 0.474. The number of rotatable bonds is 7. The van der Waals surface area contributed by atoms with Crippen molar-refractivity contribution in [2.75, 3.05) is 11.3 Å². The second kappa shape index (κ2) is 7.83. The van der Waals surface area contributed by atoms with E-state index in [2.05, 4.69) is 9.82 Å². The van der Waals surface area contributed by atoms with Crippen molar-refractivity contribution in [3.05, 3.63) is 35.2 Å². The van der Waals surface area contributed by atoms with E-state index in [0.717, 1.165) is 31.4 Å². The molecular formula is C19H25N3O5S. The maximum absolute atomic E-state index is 13.1. The Kier molecular flexibility index (Phi) is 5.64. The minimum absolute atomic E-state index is 0.0553. The van der Waals surface area contributed by atoms with E-state index < -0.39 is 22.6 Å². The zero-order chi connectivity index (χ0) is 20.5. The fourth-order valence-electron chi connectivity index (χ4n) is 3.74. The second-order valence-electron chi connectivity index (χ2n) is 7.21. The van der Waals surface area contributed by atoms with Gasteiger partial charge in [0.2, 0.25) is 0 Å². The standard InChI is InChI=1S/C19H25N3O5S/c1-12-8-9-16(13(2)19(12)27-11-17(23)24)28(25,26)21-15-10-22(3)20-18(15)14-6-4-5-7-14/h8-10,14,21H,4-7,11H2,1-3H3,(H,23,24). The van der Waals surface area contributed by atoms with Crippen molar-refractivity contribution >= 4 is 21.7 Å². The topological polar surface area (TPSA) is 111 Å². The number of ether oxygens (including phenoxy) is 1. The lowest BCUT2D eigenvalue weighted by atomic mass is 10.0. The van der Waals surface area contributed by atoms with Gasteiger partial charge in [-0.05, 0) is 38.3 Å². The number of aryl methyl sites for hydroxylation is 2. The maximum atomic E-state index is 13.1. The molecule has 3 rings (SSSR count). The van der Waals surface area contributed by atoms with E-state index >= 15 is 0 Å². The number of carboxylic acids is 1. The smallest absolute Gasteiger partial charge is 0.341 e. The van der Waals surface area contributed by atoms with Gasteiger partial charge in [0, 0.05) is 24.7 Å². The van der Waals surface area contributed by atoms with Crippen LogP contribution < -0.4 is 9.46 Å². The van der Waals surface area contributed by atoms with Crippen LogP contribution >= 0.6 is 0 Å². The molecule has 2 N–H and O–H groups in total. The molecule has 1 aliphatic rings. The fourth-order valence-corrected chi connectivity index (χ4v) is 5.04. The maximum Gasteiger partial charge on any atom is 0.341 e. The molecule has 0 unspecified atom stereocenters. The number of nitrogens with zero attached hydrogens (tertiary/aromatic N) is 2. The van der Waals surface area contributed by atoms with Gasteiger partial charge in [0.05, 0.1) is 16.3 Å². The van der Waals surface area contributed by atoms with E-state index in [0.29, 0.717) is 16.8 Å². The molecule has 1 aromatic heterocycles. The molecule has 0 amide bonds. The Labute approximate surface area is 164 Å². The van der Waals surface area contributed by atoms with Gasteiger partial charge in [0.15, 0.2) is 6.61 Å². The molecule has 0 saturated heterocycles. The van der Waals surface area contributed by atoms with Gasteiger partial charge in [-0.25, -0.2) is 13.2 Å². The zero-order valence-corrected chi connectivity index (χ0v) is 17.0. The molecular weight excluding hydrogens is 382 g/mol. The highest BCUT2D eigenvalue weighted by Gasteiger charge is 2.27. The highest BCUT2D eigenvalue weighted by atomic mass is 32.2. The van der Waals surface area contributed by atoms with E-state index in [9.17, 15) is 13.2 Å². The monoisotopic (exact) mass is 407 g/mol. The van der Waals surface area contributed by atoms with Crippen molar-refractivity contribution < 1.29 is 23.1 Å². The number of benzene rings is 1. The Morgan fingerprint density at radius 2 is 2.00 bits per heavy atom. The number of aliphatic carboxylic acids is 1. The van der Waals surface area contributed by atoms with Gasteiger partial charge in [0.1, 0.15) is 5.75 Å². The summed E-state index contributed by atoms with van der Waals surface area (Å²) in [4.78, 5) is 10.9. The number of hydrogen-bond acceptors (Lipinski definition) is 5. The minimum Gasteiger partial charge on any atom is -0.481 e. The molecule has 1 heterocycles. The molecule has 1 saturated carbocycles. The first kappa shape index (κ1) is 20.2. The lowest BCUT2D eigenvalue weighted by Crippen LogP contribution is -2.17. The molecule has 1 aliphatic carbocycles. The average Bonchev–Trinajstić information content (AvgIpc) is 3.23. The largest absolute Gasteiger partial charge is 0.481 e. The van der Waals surface area contributed by atoms with Crippen LogP contribution in [0.3, 0.4) is 0 Å². The third kappa shape index (κ3) is 4.14. The molecule has 28 heavy (non-hydrogen) atoms. The van der Waals surface area contributed by atoms with Crippen LogP contribution in [0.2, 0.25) is 0 Å². The lowest BCUT2D eigenvalue weighted by Gasteiger charge is -2.16. The van der Waals surface area contributed by atoms with E-state index in [4.69, 9.17) is 9.84 Å². The van der Waals surface area contributed by atoms with Crippen LogP contribution in [-0.2, 0) is 21.9 Å². The predicted molar refractivity (Wildman–Crippen MR) is 104 cm³/mol. The Morgan fingerprint density at radius 3 is 2.64 bits per heavy atom. The van der Waals surface area contributed by atoms with Crippen molar-refractivity contribution in [2.45, 2.75) is 50.3 Å². The first-order valence-electron chi connectivity index (χ1n) is 9.20. The van der Waals surface area contributed by atoms with Gasteiger partial charge in [0.25, 0.3) is 10.0 Å². The highest BCUT2D eigenvalue weighted by Crippen LogP contribution is 2.38. The van der Waals surface area contributed by atoms with Crippen LogP contribution in [0, 0.1) is 13.8 Å². The number of anilines is 1. The van der Waals surface area contributed by atoms with Crippen molar-refractivity contribution in [3.8, 4) is 5.75 Å². The van der Waals surface area contributed by atoms with E-state index in [1.807, 2.05) is 0 Å². The SMILES string of the molecule is Cc1ccc(S(=O)(=O)Nc2cn(C)nc2C2CCCC2)c(C)c1OCC(=O)O. The van der Waals surface area contributed by atoms with Crippen LogP contribution in [0.4, 0.5) is 5.69 Å². The van der Waals surface area contributed by atoms with Gasteiger partial charge in [-0.3, -0.25) is 9.40 Å². The molecule has 0 radical (unpaired) electrons. The molecule has 0 atom stereocenters. The second-order valence-corrected chi connectivity index (χ2v) is 8.86. The van der Waals surface area contributed by atoms with Crippen molar-refractivity contribution in [1.82, 2.24) is 9.78 Å². The Hall–Kier alpha value is -2.55. The minimum atomic E-state index is -3.89. The first-order chi connectivity index (χ1) is 13.2. The number of aromatic nitrogens is 2. The molecule has 8 nitrogen and oxygen atoms in total. The summed E-state index contributed by atoms with van der Waals surface area (Å²) in [6.45, 7) is 2.82. The summed E-state index contributed by atoms with van der Waals surface area (Å²) in [7, 11) is -2.12. The number of nitrogens with one attached hydrogen (secondary N) is 1. The van der Waals surface area contributed by atoms with Gasteiger partial charge in [-0.15, -0.1) is 0 Å². The van der Waals surface area contributed by atoms with Crippen LogP contribution in [0.1, 0.15) is 48.4 Å². The predicted octanol–water partition coefficient (Wildman–Crippen LogP) is 2.96. The molecule has 1 fully saturated rings. The zero-order valence-electron chi connectivity index (χ0n) is 16.2. The first-order valence-corrected chi connectivity index (χ1v) is 10.7. The van der Waals surface area contributed by atoms with Crippen LogP contribution in [-0.4, -0.2) is 35.9 Å². The Morgan fingerprint density at radius 1 is 1.32 bits per heavy atom. The van der Waals surface area contributed by atoms with Crippen LogP contribution in [0.15, 0.2) is 23.2 Å². The summed E-state index contributed by atoms with van der Waals surface area (Å²) in [5.41, 5.74) is 2.31. The van der Waals surface area contributed by atoms with Gasteiger partial charge in [-0.1, -0.05) is 18.9 Å². The third-order valence-corrected chi connectivity index (χ3v) is 6.54. The summed E-state index contributed by atoms with van der Waals surface area (Å²) in [6, 6.07) is 3.12. The Bertz CT molecular complexity index is 991. The molecule has 0 aliphatic heterocycles. The summed E-state index contributed by atoms with van der Waals surface area (Å²) >= 11 is 0. The van der Waals surface area contributed by atoms with E-state index in [1.165, 1.54) is 6.07 Å². The molecule has 0 bridgehead atoms. The van der Waals surface area contributed by atoms with E-state index in [-0.39, 0.29) is 16.6 Å². The molecule has 2 aromatic rings. The summed E-state index contributed by atoms with van der Waals surface area (Å²) in [6.07, 6.45) is 5.92. The number of sulfonamides is 1. The molecule has 1 aromatic carbocycles. The van der Waals surface area contributed by atoms with Crippen LogP contribution in [0.5, 0.6) is 5.75 Å². The molecule has 9 heteroatoms.